The molecule has 234 valence electrons. The number of Topliss-reactive ketones (excluding diaryl/α,β-unsaturated/α-hetero) is 2. The van der Waals surface area contributed by atoms with Gasteiger partial charge < -0.3 is 19.3 Å². The van der Waals surface area contributed by atoms with Gasteiger partial charge in [-0.25, -0.2) is 0 Å². The van der Waals surface area contributed by atoms with Crippen LogP contribution in [0, 0.1) is 11.8 Å². The molecule has 0 fully saturated rings. The fourth-order valence-electron chi connectivity index (χ4n) is 5.85. The summed E-state index contributed by atoms with van der Waals surface area (Å²) in [4.78, 5) is 32.3. The van der Waals surface area contributed by atoms with Gasteiger partial charge in [-0.1, -0.05) is 40.5 Å². The smallest absolute Gasteiger partial charge is 0.167 e. The standard InChI is InChI=1S/C36H56N2O4/c1-7-23-37(24-8-2)27-31(35(39)29-15-19-33(41-5)20-16-29)13-11-12-14-32(28-38(25-9-3)26-10-4)36(40)30-17-21-34(42-6)22-18-30/h15-22,31-32H,7-14,23-28H2,1-6H3/t31-,32+. The maximum Gasteiger partial charge on any atom is 0.167 e. The molecule has 0 heterocycles. The molecule has 2 aromatic carbocycles. The van der Waals surface area contributed by atoms with Crippen molar-refractivity contribution in [1.82, 2.24) is 9.80 Å². The first-order valence-electron chi connectivity index (χ1n) is 16.2. The number of benzene rings is 2. The Morgan fingerprint density at radius 1 is 0.571 bits per heavy atom. The number of ether oxygens (including phenoxy) is 2. The van der Waals surface area contributed by atoms with E-state index in [2.05, 4.69) is 37.5 Å². The molecule has 0 spiro atoms. The van der Waals surface area contributed by atoms with Gasteiger partial charge in [0.1, 0.15) is 11.5 Å². The van der Waals surface area contributed by atoms with E-state index in [4.69, 9.17) is 9.47 Å². The van der Waals surface area contributed by atoms with Crippen molar-refractivity contribution in [2.75, 3.05) is 53.5 Å². The van der Waals surface area contributed by atoms with Crippen molar-refractivity contribution in [2.24, 2.45) is 11.8 Å². The first kappa shape index (κ1) is 35.5. The average Bonchev–Trinajstić information content (AvgIpc) is 3.01. The van der Waals surface area contributed by atoms with Crippen LogP contribution in [0.3, 0.4) is 0 Å². The summed E-state index contributed by atoms with van der Waals surface area (Å²) < 4.78 is 10.6. The van der Waals surface area contributed by atoms with E-state index in [1.807, 2.05) is 48.5 Å². The predicted octanol–water partition coefficient (Wildman–Crippen LogP) is 7.81. The molecule has 2 rings (SSSR count). The zero-order valence-corrected chi connectivity index (χ0v) is 27.2. The van der Waals surface area contributed by atoms with Gasteiger partial charge in [0.25, 0.3) is 0 Å². The summed E-state index contributed by atoms with van der Waals surface area (Å²) >= 11 is 0. The monoisotopic (exact) mass is 580 g/mol. The normalized spacial score (nSPS) is 12.9. The Labute approximate surface area is 255 Å². The number of carbonyl (C=O) groups is 2. The highest BCUT2D eigenvalue weighted by Crippen LogP contribution is 2.24. The molecular formula is C36H56N2O4. The number of carbonyl (C=O) groups excluding carboxylic acids is 2. The minimum atomic E-state index is -0.0658. The van der Waals surface area contributed by atoms with E-state index in [1.165, 1.54) is 0 Å². The van der Waals surface area contributed by atoms with Crippen LogP contribution in [0.1, 0.15) is 99.8 Å². The fourth-order valence-corrected chi connectivity index (χ4v) is 5.85. The van der Waals surface area contributed by atoms with Crippen LogP contribution >= 0.6 is 0 Å². The van der Waals surface area contributed by atoms with E-state index in [0.29, 0.717) is 0 Å². The van der Waals surface area contributed by atoms with Crippen LogP contribution in [0.2, 0.25) is 0 Å². The van der Waals surface area contributed by atoms with Gasteiger partial charge in [0, 0.05) is 36.1 Å². The minimum Gasteiger partial charge on any atom is -0.497 e. The van der Waals surface area contributed by atoms with E-state index < -0.39 is 0 Å². The molecule has 0 aromatic heterocycles. The SMILES string of the molecule is CCCN(CCC)C[C@@H](CCCC[C@@H](CN(CCC)CCC)C(=O)c1ccc(OC)cc1)C(=O)c1ccc(OC)cc1. The van der Waals surface area contributed by atoms with Crippen molar-refractivity contribution in [2.45, 2.75) is 79.1 Å². The summed E-state index contributed by atoms with van der Waals surface area (Å²) in [6.07, 6.45) is 7.79. The molecule has 0 aliphatic carbocycles. The Morgan fingerprint density at radius 3 is 1.14 bits per heavy atom. The van der Waals surface area contributed by atoms with Crippen LogP contribution in [-0.4, -0.2) is 74.9 Å². The quantitative estimate of drug-likeness (QED) is 0.0987. The molecule has 0 N–H and O–H groups in total. The predicted molar refractivity (Wildman–Crippen MR) is 174 cm³/mol. The van der Waals surface area contributed by atoms with Crippen LogP contribution in [0.25, 0.3) is 0 Å². The van der Waals surface area contributed by atoms with Crippen molar-refractivity contribution in [3.63, 3.8) is 0 Å². The molecule has 0 aliphatic heterocycles. The van der Waals surface area contributed by atoms with Crippen molar-refractivity contribution in [3.8, 4) is 11.5 Å². The molecule has 6 heteroatoms. The zero-order valence-electron chi connectivity index (χ0n) is 27.2. The molecule has 0 radical (unpaired) electrons. The second-order valence-corrected chi connectivity index (χ2v) is 11.5. The molecule has 0 bridgehead atoms. The van der Waals surface area contributed by atoms with Crippen molar-refractivity contribution < 1.29 is 19.1 Å². The summed E-state index contributed by atoms with van der Waals surface area (Å²) in [5, 5.41) is 0. The lowest BCUT2D eigenvalue weighted by Gasteiger charge is -2.28. The molecule has 2 atom stereocenters. The molecule has 0 amide bonds. The Kier molecular flexibility index (Phi) is 17.1. The van der Waals surface area contributed by atoms with Crippen molar-refractivity contribution in [3.05, 3.63) is 59.7 Å². The lowest BCUT2D eigenvalue weighted by atomic mass is 9.88. The van der Waals surface area contributed by atoms with Crippen molar-refractivity contribution in [1.29, 1.82) is 0 Å². The number of methoxy groups -OCH3 is 2. The number of ketones is 2. The molecule has 0 saturated carbocycles. The van der Waals surface area contributed by atoms with E-state index in [-0.39, 0.29) is 23.4 Å². The highest BCUT2D eigenvalue weighted by molar-refractivity contribution is 5.98. The number of hydrogen-bond donors (Lipinski definition) is 0. The molecule has 42 heavy (non-hydrogen) atoms. The van der Waals surface area contributed by atoms with Crippen LogP contribution in [-0.2, 0) is 0 Å². The van der Waals surface area contributed by atoms with Gasteiger partial charge in [-0.2, -0.15) is 0 Å². The van der Waals surface area contributed by atoms with E-state index in [0.717, 1.165) is 113 Å². The van der Waals surface area contributed by atoms with E-state index in [1.54, 1.807) is 14.2 Å². The fraction of sp³-hybridized carbons (Fsp3) is 0.611. The summed E-state index contributed by atoms with van der Waals surface area (Å²) in [5.41, 5.74) is 1.49. The number of unbranched alkanes of at least 4 members (excludes halogenated alkanes) is 1. The molecule has 0 aliphatic rings. The molecule has 0 saturated heterocycles. The Hall–Kier alpha value is -2.70. The highest BCUT2D eigenvalue weighted by atomic mass is 16.5. The first-order valence-corrected chi connectivity index (χ1v) is 16.2. The van der Waals surface area contributed by atoms with Gasteiger partial charge in [0.2, 0.25) is 0 Å². The van der Waals surface area contributed by atoms with Gasteiger partial charge in [-0.05, 0) is 113 Å². The van der Waals surface area contributed by atoms with E-state index in [9.17, 15) is 9.59 Å². The topological polar surface area (TPSA) is 59.1 Å². The van der Waals surface area contributed by atoms with Crippen LogP contribution < -0.4 is 9.47 Å². The maximum absolute atomic E-state index is 13.7. The van der Waals surface area contributed by atoms with Crippen LogP contribution in [0.5, 0.6) is 11.5 Å². The van der Waals surface area contributed by atoms with Crippen LogP contribution in [0.4, 0.5) is 0 Å². The Morgan fingerprint density at radius 2 is 0.881 bits per heavy atom. The number of rotatable bonds is 23. The largest absolute Gasteiger partial charge is 0.497 e. The lowest BCUT2D eigenvalue weighted by molar-refractivity contribution is 0.0846. The molecule has 0 unspecified atom stereocenters. The first-order chi connectivity index (χ1) is 20.4. The summed E-state index contributed by atoms with van der Waals surface area (Å²) in [6, 6.07) is 15.0. The summed E-state index contributed by atoms with van der Waals surface area (Å²) in [5.74, 6) is 1.80. The number of nitrogens with zero attached hydrogens (tertiary/aromatic N) is 2. The third-order valence-corrected chi connectivity index (χ3v) is 7.96. The van der Waals surface area contributed by atoms with Gasteiger partial charge in [0.15, 0.2) is 11.6 Å². The third kappa shape index (κ3) is 11.9. The summed E-state index contributed by atoms with van der Waals surface area (Å²) in [7, 11) is 3.28. The van der Waals surface area contributed by atoms with Gasteiger partial charge >= 0.3 is 0 Å². The minimum absolute atomic E-state index is 0.0658. The lowest BCUT2D eigenvalue weighted by Crippen LogP contribution is -2.35. The number of hydrogen-bond acceptors (Lipinski definition) is 6. The molecular weight excluding hydrogens is 524 g/mol. The molecule has 6 nitrogen and oxygen atoms in total. The average molecular weight is 581 g/mol. The maximum atomic E-state index is 13.7. The highest BCUT2D eigenvalue weighted by Gasteiger charge is 2.25. The third-order valence-electron chi connectivity index (χ3n) is 7.96. The van der Waals surface area contributed by atoms with Gasteiger partial charge in [-0.3, -0.25) is 9.59 Å². The van der Waals surface area contributed by atoms with E-state index >= 15 is 0 Å². The Balaban J connectivity index is 2.16. The molecule has 2 aromatic rings. The van der Waals surface area contributed by atoms with Gasteiger partial charge in [-0.15, -0.1) is 0 Å². The Bertz CT molecular complexity index is 926. The second kappa shape index (κ2) is 20.2. The zero-order chi connectivity index (χ0) is 30.7. The van der Waals surface area contributed by atoms with Crippen LogP contribution in [0.15, 0.2) is 48.5 Å². The summed E-state index contributed by atoms with van der Waals surface area (Å²) in [6.45, 7) is 14.4. The second-order valence-electron chi connectivity index (χ2n) is 11.5. The van der Waals surface area contributed by atoms with Crippen molar-refractivity contribution >= 4 is 11.6 Å². The van der Waals surface area contributed by atoms with Gasteiger partial charge in [0.05, 0.1) is 14.2 Å².